The van der Waals surface area contributed by atoms with Crippen LogP contribution < -0.4 is 10.2 Å². The van der Waals surface area contributed by atoms with Crippen molar-refractivity contribution in [3.8, 4) is 0 Å². The lowest BCUT2D eigenvalue weighted by Crippen LogP contribution is -2.37. The minimum absolute atomic E-state index is 0.0728. The van der Waals surface area contributed by atoms with Gasteiger partial charge in [0.15, 0.2) is 0 Å². The lowest BCUT2D eigenvalue weighted by atomic mass is 9.63. The van der Waals surface area contributed by atoms with Crippen LogP contribution in [0.15, 0.2) is 42.5 Å². The number of rotatable bonds is 4. The molecule has 29 heavy (non-hydrogen) atoms. The van der Waals surface area contributed by atoms with E-state index in [-0.39, 0.29) is 22.4 Å². The molecule has 0 aromatic heterocycles. The Bertz CT molecular complexity index is 930. The monoisotopic (exact) mass is 394 g/mol. The van der Waals surface area contributed by atoms with Gasteiger partial charge in [-0.15, -0.1) is 0 Å². The molecule has 3 rings (SSSR count). The van der Waals surface area contributed by atoms with E-state index in [0.29, 0.717) is 12.2 Å². The maximum absolute atomic E-state index is 12.9. The number of fused-ring (bicyclic) bond motifs is 1. The first kappa shape index (κ1) is 20.9. The summed E-state index contributed by atoms with van der Waals surface area (Å²) in [5.41, 5.74) is 4.50. The lowest BCUT2D eigenvalue weighted by molar-refractivity contribution is 0.0697. The van der Waals surface area contributed by atoms with Crippen LogP contribution in [0, 0.1) is 0 Å². The molecule has 0 heterocycles. The Balaban J connectivity index is 1.88. The van der Waals surface area contributed by atoms with E-state index in [1.54, 1.807) is 17.0 Å². The van der Waals surface area contributed by atoms with Crippen LogP contribution in [0.4, 0.5) is 16.2 Å². The summed E-state index contributed by atoms with van der Waals surface area (Å²) in [6, 6.07) is 12.3. The summed E-state index contributed by atoms with van der Waals surface area (Å²) in [5.74, 6) is -0.988. The third kappa shape index (κ3) is 4.14. The van der Waals surface area contributed by atoms with Gasteiger partial charge >= 0.3 is 12.0 Å². The standard InChI is InChI=1S/C24H30N2O3/c1-6-26(22(29)25-17-9-7-16(8-10-17)21(27)28)18-11-12-19-20(15-18)24(4,5)14-13-23(19,2)3/h7-12,15H,6,13-14H2,1-5H3,(H,25,29)(H,27,28). The largest absolute Gasteiger partial charge is 0.478 e. The van der Waals surface area contributed by atoms with Gasteiger partial charge in [-0.2, -0.15) is 0 Å². The number of carboxylic acid groups (broad SMARTS) is 1. The molecule has 2 aromatic carbocycles. The van der Waals surface area contributed by atoms with Crippen molar-refractivity contribution >= 4 is 23.4 Å². The van der Waals surface area contributed by atoms with Crippen molar-refractivity contribution in [1.82, 2.24) is 0 Å². The molecule has 0 fully saturated rings. The Morgan fingerprint density at radius 3 is 2.10 bits per heavy atom. The van der Waals surface area contributed by atoms with Gasteiger partial charge in [-0.3, -0.25) is 4.90 Å². The van der Waals surface area contributed by atoms with Crippen molar-refractivity contribution in [2.45, 2.75) is 58.3 Å². The Hall–Kier alpha value is -2.82. The Morgan fingerprint density at radius 2 is 1.55 bits per heavy atom. The first-order chi connectivity index (χ1) is 13.5. The molecule has 5 heteroatoms. The molecule has 2 N–H and O–H groups in total. The molecule has 2 amide bonds. The van der Waals surface area contributed by atoms with E-state index in [4.69, 9.17) is 5.11 Å². The number of carboxylic acids is 1. The lowest BCUT2D eigenvalue weighted by Gasteiger charge is -2.42. The fourth-order valence-corrected chi connectivity index (χ4v) is 4.08. The SMILES string of the molecule is CCN(C(=O)Nc1ccc(C(=O)O)cc1)c1ccc2c(c1)C(C)(C)CCC2(C)C. The van der Waals surface area contributed by atoms with E-state index < -0.39 is 5.97 Å². The normalized spacial score (nSPS) is 16.6. The van der Waals surface area contributed by atoms with Crippen LogP contribution in [0.1, 0.15) is 68.9 Å². The molecule has 1 aliphatic rings. The number of anilines is 2. The quantitative estimate of drug-likeness (QED) is 0.689. The molecule has 1 aliphatic carbocycles. The van der Waals surface area contributed by atoms with Crippen molar-refractivity contribution in [3.63, 3.8) is 0 Å². The molecule has 0 unspecified atom stereocenters. The van der Waals surface area contributed by atoms with E-state index >= 15 is 0 Å². The second-order valence-corrected chi connectivity index (χ2v) is 9.05. The predicted octanol–water partition coefficient (Wildman–Crippen LogP) is 5.79. The van der Waals surface area contributed by atoms with Crippen LogP contribution in [0.5, 0.6) is 0 Å². The maximum atomic E-state index is 12.9. The number of aromatic carboxylic acids is 1. The summed E-state index contributed by atoms with van der Waals surface area (Å²) < 4.78 is 0. The number of carbonyl (C=O) groups is 2. The third-order valence-electron chi connectivity index (χ3n) is 6.09. The van der Waals surface area contributed by atoms with Crippen molar-refractivity contribution in [2.24, 2.45) is 0 Å². The number of carbonyl (C=O) groups excluding carboxylic acids is 1. The number of benzene rings is 2. The summed E-state index contributed by atoms with van der Waals surface area (Å²) in [7, 11) is 0. The van der Waals surface area contributed by atoms with Gasteiger partial charge in [0.05, 0.1) is 5.56 Å². The van der Waals surface area contributed by atoms with Crippen LogP contribution in [0.2, 0.25) is 0 Å². The van der Waals surface area contributed by atoms with Gasteiger partial charge in [-0.1, -0.05) is 33.8 Å². The second-order valence-electron chi connectivity index (χ2n) is 9.05. The van der Waals surface area contributed by atoms with Crippen molar-refractivity contribution < 1.29 is 14.7 Å². The summed E-state index contributed by atoms with van der Waals surface area (Å²) in [6.07, 6.45) is 2.27. The van der Waals surface area contributed by atoms with Crippen LogP contribution in [-0.2, 0) is 10.8 Å². The molecule has 0 atom stereocenters. The van der Waals surface area contributed by atoms with Crippen LogP contribution >= 0.6 is 0 Å². The van der Waals surface area contributed by atoms with Crippen molar-refractivity contribution in [2.75, 3.05) is 16.8 Å². The Labute approximate surface area is 172 Å². The molecular formula is C24H30N2O3. The highest BCUT2D eigenvalue weighted by Gasteiger charge is 2.37. The molecule has 2 aromatic rings. The smallest absolute Gasteiger partial charge is 0.335 e. The number of nitrogens with one attached hydrogen (secondary N) is 1. The fourth-order valence-electron chi connectivity index (χ4n) is 4.08. The molecular weight excluding hydrogens is 364 g/mol. The van der Waals surface area contributed by atoms with Gasteiger partial charge in [0, 0.05) is 17.9 Å². The third-order valence-corrected chi connectivity index (χ3v) is 6.09. The molecule has 0 saturated heterocycles. The van der Waals surface area contributed by atoms with Crippen LogP contribution in [-0.4, -0.2) is 23.7 Å². The highest BCUT2D eigenvalue weighted by molar-refractivity contribution is 6.02. The van der Waals surface area contributed by atoms with Crippen LogP contribution in [0.25, 0.3) is 0 Å². The molecule has 5 nitrogen and oxygen atoms in total. The zero-order chi connectivity index (χ0) is 21.4. The van der Waals surface area contributed by atoms with E-state index in [2.05, 4.69) is 45.1 Å². The Morgan fingerprint density at radius 1 is 0.966 bits per heavy atom. The van der Waals surface area contributed by atoms with E-state index in [0.717, 1.165) is 18.5 Å². The summed E-state index contributed by atoms with van der Waals surface area (Å²) in [4.78, 5) is 25.6. The van der Waals surface area contributed by atoms with Gasteiger partial charge in [0.2, 0.25) is 0 Å². The highest BCUT2D eigenvalue weighted by Crippen LogP contribution is 2.46. The average Bonchev–Trinajstić information content (AvgIpc) is 2.66. The zero-order valence-corrected chi connectivity index (χ0v) is 17.9. The number of nitrogens with zero attached hydrogens (tertiary/aromatic N) is 1. The van der Waals surface area contributed by atoms with E-state index in [1.165, 1.54) is 23.3 Å². The summed E-state index contributed by atoms with van der Waals surface area (Å²) >= 11 is 0. The molecule has 0 radical (unpaired) electrons. The topological polar surface area (TPSA) is 69.6 Å². The van der Waals surface area contributed by atoms with E-state index in [9.17, 15) is 9.59 Å². The highest BCUT2D eigenvalue weighted by atomic mass is 16.4. The van der Waals surface area contributed by atoms with Crippen molar-refractivity contribution in [1.29, 1.82) is 0 Å². The zero-order valence-electron chi connectivity index (χ0n) is 17.9. The number of hydrogen-bond acceptors (Lipinski definition) is 2. The fraction of sp³-hybridized carbons (Fsp3) is 0.417. The second kappa shape index (κ2) is 7.54. The number of hydrogen-bond donors (Lipinski definition) is 2. The minimum Gasteiger partial charge on any atom is -0.478 e. The van der Waals surface area contributed by atoms with Gasteiger partial charge in [0.1, 0.15) is 0 Å². The first-order valence-corrected chi connectivity index (χ1v) is 10.1. The summed E-state index contributed by atoms with van der Waals surface area (Å²) in [5, 5.41) is 11.9. The molecule has 0 saturated carbocycles. The van der Waals surface area contributed by atoms with Gasteiger partial charge in [-0.25, -0.2) is 9.59 Å². The first-order valence-electron chi connectivity index (χ1n) is 10.1. The van der Waals surface area contributed by atoms with Crippen molar-refractivity contribution in [3.05, 3.63) is 59.2 Å². The summed E-state index contributed by atoms with van der Waals surface area (Å²) in [6.45, 7) is 11.6. The number of amides is 2. The van der Waals surface area contributed by atoms with Gasteiger partial charge in [-0.05, 0) is 78.1 Å². The predicted molar refractivity (Wildman–Crippen MR) is 117 cm³/mol. The average molecular weight is 395 g/mol. The number of urea groups is 1. The maximum Gasteiger partial charge on any atom is 0.335 e. The Kier molecular flexibility index (Phi) is 5.44. The van der Waals surface area contributed by atoms with E-state index in [1.807, 2.05) is 13.0 Å². The van der Waals surface area contributed by atoms with Gasteiger partial charge < -0.3 is 10.4 Å². The van der Waals surface area contributed by atoms with Gasteiger partial charge in [0.25, 0.3) is 0 Å². The molecule has 154 valence electrons. The van der Waals surface area contributed by atoms with Crippen LogP contribution in [0.3, 0.4) is 0 Å². The molecule has 0 aliphatic heterocycles. The molecule has 0 bridgehead atoms. The molecule has 0 spiro atoms. The minimum atomic E-state index is -0.988.